The Morgan fingerprint density at radius 3 is 2.57 bits per heavy atom. The first-order valence-electron chi connectivity index (χ1n) is 7.90. The van der Waals surface area contributed by atoms with Crippen molar-refractivity contribution in [2.75, 3.05) is 32.8 Å². The third-order valence-corrected chi connectivity index (χ3v) is 4.07. The number of benzene rings is 1. The van der Waals surface area contributed by atoms with Gasteiger partial charge in [0.2, 0.25) is 0 Å². The first-order chi connectivity index (χ1) is 10.1. The number of hydrogen-bond donors (Lipinski definition) is 1. The summed E-state index contributed by atoms with van der Waals surface area (Å²) in [5.41, 5.74) is 1.14. The van der Waals surface area contributed by atoms with Crippen molar-refractivity contribution in [1.82, 2.24) is 9.80 Å². The van der Waals surface area contributed by atoms with Crippen LogP contribution in [-0.2, 0) is 6.54 Å². The van der Waals surface area contributed by atoms with Crippen LogP contribution in [0.15, 0.2) is 24.3 Å². The van der Waals surface area contributed by atoms with Gasteiger partial charge < -0.3 is 10.0 Å². The number of nitrogens with zero attached hydrogens (tertiary/aromatic N) is 2. The molecule has 3 nitrogen and oxygen atoms in total. The van der Waals surface area contributed by atoms with Gasteiger partial charge in [-0.1, -0.05) is 26.0 Å². The lowest BCUT2D eigenvalue weighted by atomic mass is 10.1. The van der Waals surface area contributed by atoms with Crippen molar-refractivity contribution in [1.29, 1.82) is 0 Å². The van der Waals surface area contributed by atoms with E-state index in [9.17, 15) is 9.50 Å². The molecule has 0 bridgehead atoms. The van der Waals surface area contributed by atoms with Gasteiger partial charge in [0.1, 0.15) is 5.82 Å². The van der Waals surface area contributed by atoms with E-state index in [-0.39, 0.29) is 12.4 Å². The second-order valence-corrected chi connectivity index (χ2v) is 6.42. The van der Waals surface area contributed by atoms with E-state index in [1.165, 1.54) is 12.1 Å². The molecule has 118 valence electrons. The fourth-order valence-electron chi connectivity index (χ4n) is 3.09. The summed E-state index contributed by atoms with van der Waals surface area (Å²) in [5, 5.41) is 9.31. The second kappa shape index (κ2) is 7.87. The average molecular weight is 294 g/mol. The molecule has 1 N–H and O–H groups in total. The maximum atomic E-state index is 13.0. The smallest absolute Gasteiger partial charge is 0.123 e. The van der Waals surface area contributed by atoms with E-state index in [1.54, 1.807) is 0 Å². The Bertz CT molecular complexity index is 421. The van der Waals surface area contributed by atoms with E-state index in [0.717, 1.165) is 44.7 Å². The minimum atomic E-state index is -0.188. The number of piperazine rings is 1. The molecule has 2 rings (SSSR count). The predicted molar refractivity (Wildman–Crippen MR) is 83.6 cm³/mol. The van der Waals surface area contributed by atoms with Crippen LogP contribution in [0.25, 0.3) is 0 Å². The van der Waals surface area contributed by atoms with Gasteiger partial charge in [0.15, 0.2) is 0 Å². The van der Waals surface area contributed by atoms with E-state index in [1.807, 2.05) is 12.1 Å². The van der Waals surface area contributed by atoms with Crippen LogP contribution < -0.4 is 0 Å². The zero-order chi connectivity index (χ0) is 15.2. The lowest BCUT2D eigenvalue weighted by Gasteiger charge is -2.42. The normalized spacial score (nSPS) is 21.1. The molecule has 1 aliphatic heterocycles. The summed E-state index contributed by atoms with van der Waals surface area (Å²) in [6, 6.07) is 7.13. The molecule has 0 aromatic heterocycles. The van der Waals surface area contributed by atoms with Crippen LogP contribution in [0, 0.1) is 11.7 Å². The molecule has 0 saturated carbocycles. The fourth-order valence-corrected chi connectivity index (χ4v) is 3.09. The Morgan fingerprint density at radius 2 is 1.95 bits per heavy atom. The molecule has 0 radical (unpaired) electrons. The largest absolute Gasteiger partial charge is 0.396 e. The van der Waals surface area contributed by atoms with Gasteiger partial charge >= 0.3 is 0 Å². The number of aliphatic hydroxyl groups excluding tert-OH is 1. The molecule has 21 heavy (non-hydrogen) atoms. The standard InChI is InChI=1S/C17H27FN2O/c1-14(2)11-19-8-9-20(17(13-19)7-10-21)12-15-3-5-16(18)6-4-15/h3-6,14,17,21H,7-13H2,1-2H3/t17-/m0/s1. The van der Waals surface area contributed by atoms with Crippen molar-refractivity contribution in [3.63, 3.8) is 0 Å². The molecule has 1 aromatic carbocycles. The quantitative estimate of drug-likeness (QED) is 0.872. The van der Waals surface area contributed by atoms with Crippen LogP contribution in [0.5, 0.6) is 0 Å². The highest BCUT2D eigenvalue weighted by molar-refractivity contribution is 5.16. The minimum Gasteiger partial charge on any atom is -0.396 e. The molecule has 0 unspecified atom stereocenters. The molecule has 1 atom stereocenters. The summed E-state index contributed by atoms with van der Waals surface area (Å²) >= 11 is 0. The van der Waals surface area contributed by atoms with Gasteiger partial charge in [-0.2, -0.15) is 0 Å². The summed E-state index contributed by atoms with van der Waals surface area (Å²) in [7, 11) is 0. The van der Waals surface area contributed by atoms with Crippen molar-refractivity contribution in [2.24, 2.45) is 5.92 Å². The lowest BCUT2D eigenvalue weighted by molar-refractivity contribution is 0.0483. The average Bonchev–Trinajstić information content (AvgIpc) is 2.44. The van der Waals surface area contributed by atoms with Crippen molar-refractivity contribution < 1.29 is 9.50 Å². The SMILES string of the molecule is CC(C)CN1CCN(Cc2ccc(F)cc2)[C@@H](CCO)C1. The second-order valence-electron chi connectivity index (χ2n) is 6.42. The lowest BCUT2D eigenvalue weighted by Crippen LogP contribution is -2.53. The molecule has 1 heterocycles. The third kappa shape index (κ3) is 5.06. The van der Waals surface area contributed by atoms with Crippen molar-refractivity contribution in [2.45, 2.75) is 32.9 Å². The first-order valence-corrected chi connectivity index (χ1v) is 7.90. The van der Waals surface area contributed by atoms with E-state index < -0.39 is 0 Å². The van der Waals surface area contributed by atoms with Gasteiger partial charge in [-0.15, -0.1) is 0 Å². The maximum Gasteiger partial charge on any atom is 0.123 e. The van der Waals surface area contributed by atoms with Crippen molar-refractivity contribution >= 4 is 0 Å². The van der Waals surface area contributed by atoms with Crippen molar-refractivity contribution in [3.8, 4) is 0 Å². The molecule has 1 fully saturated rings. The summed E-state index contributed by atoms with van der Waals surface area (Å²) in [4.78, 5) is 4.91. The zero-order valence-corrected chi connectivity index (χ0v) is 13.1. The minimum absolute atomic E-state index is 0.188. The summed E-state index contributed by atoms with van der Waals surface area (Å²) in [6.07, 6.45) is 0.801. The Kier molecular flexibility index (Phi) is 6.15. The van der Waals surface area contributed by atoms with Gasteiger partial charge in [-0.25, -0.2) is 4.39 Å². The number of rotatable bonds is 6. The third-order valence-electron chi connectivity index (χ3n) is 4.07. The highest BCUT2D eigenvalue weighted by Crippen LogP contribution is 2.17. The number of hydrogen-bond acceptors (Lipinski definition) is 3. The van der Waals surface area contributed by atoms with Gasteiger partial charge in [-0.05, 0) is 30.0 Å². The molecule has 4 heteroatoms. The highest BCUT2D eigenvalue weighted by atomic mass is 19.1. The summed E-state index contributed by atoms with van der Waals surface area (Å²) < 4.78 is 13.0. The van der Waals surface area contributed by atoms with Crippen LogP contribution >= 0.6 is 0 Å². The molecule has 0 amide bonds. The molecule has 1 aromatic rings. The van der Waals surface area contributed by atoms with Crippen LogP contribution in [0.3, 0.4) is 0 Å². The maximum absolute atomic E-state index is 13.0. The fraction of sp³-hybridized carbons (Fsp3) is 0.647. The topological polar surface area (TPSA) is 26.7 Å². The van der Waals surface area contributed by atoms with Crippen LogP contribution in [0.2, 0.25) is 0 Å². The summed E-state index contributed by atoms with van der Waals surface area (Å²) in [5.74, 6) is 0.482. The Morgan fingerprint density at radius 1 is 1.24 bits per heavy atom. The van der Waals surface area contributed by atoms with Crippen molar-refractivity contribution in [3.05, 3.63) is 35.6 Å². The van der Waals surface area contributed by atoms with Crippen LogP contribution in [0.1, 0.15) is 25.8 Å². The van der Waals surface area contributed by atoms with Gasteiger partial charge in [-0.3, -0.25) is 4.90 Å². The zero-order valence-electron chi connectivity index (χ0n) is 13.1. The Labute approximate surface area is 127 Å². The Balaban J connectivity index is 1.96. The molecule has 1 saturated heterocycles. The summed E-state index contributed by atoms with van der Waals surface area (Å²) in [6.45, 7) is 9.75. The Hall–Kier alpha value is -0.970. The molecule has 0 aliphatic carbocycles. The molecule has 1 aliphatic rings. The molecular formula is C17H27FN2O. The molecule has 0 spiro atoms. The van der Waals surface area contributed by atoms with Crippen LogP contribution in [0.4, 0.5) is 4.39 Å². The number of aliphatic hydroxyl groups is 1. The van der Waals surface area contributed by atoms with Gasteiger partial charge in [0, 0.05) is 45.4 Å². The van der Waals surface area contributed by atoms with E-state index in [2.05, 4.69) is 23.6 Å². The van der Waals surface area contributed by atoms with Gasteiger partial charge in [0.25, 0.3) is 0 Å². The monoisotopic (exact) mass is 294 g/mol. The molecular weight excluding hydrogens is 267 g/mol. The predicted octanol–water partition coefficient (Wildman–Crippen LogP) is 2.35. The van der Waals surface area contributed by atoms with Gasteiger partial charge in [0.05, 0.1) is 0 Å². The highest BCUT2D eigenvalue weighted by Gasteiger charge is 2.26. The first kappa shape index (κ1) is 16.4. The van der Waals surface area contributed by atoms with Crippen LogP contribution in [-0.4, -0.2) is 53.7 Å². The van der Waals surface area contributed by atoms with E-state index >= 15 is 0 Å². The van der Waals surface area contributed by atoms with E-state index in [4.69, 9.17) is 0 Å². The number of halogens is 1. The van der Waals surface area contributed by atoms with E-state index in [0.29, 0.717) is 12.0 Å².